The predicted octanol–water partition coefficient (Wildman–Crippen LogP) is 0.908. The third kappa shape index (κ3) is 4.13. The van der Waals surface area contributed by atoms with E-state index in [2.05, 4.69) is 20.9 Å². The molecule has 144 valence electrons. The van der Waals surface area contributed by atoms with Gasteiger partial charge in [0.1, 0.15) is 12.0 Å². The van der Waals surface area contributed by atoms with Crippen LogP contribution in [0, 0.1) is 0 Å². The second-order valence-electron chi connectivity index (χ2n) is 5.61. The van der Waals surface area contributed by atoms with Crippen molar-refractivity contribution in [1.29, 1.82) is 0 Å². The molecule has 26 heavy (non-hydrogen) atoms. The third-order valence-electron chi connectivity index (χ3n) is 3.67. The molecule has 1 aliphatic heterocycles. The zero-order valence-electron chi connectivity index (χ0n) is 13.7. The zero-order chi connectivity index (χ0) is 19.6. The molecule has 1 saturated heterocycles. The van der Waals surface area contributed by atoms with Crippen LogP contribution < -0.4 is 11.2 Å². The summed E-state index contributed by atoms with van der Waals surface area (Å²) >= 11 is 15.4. The Labute approximate surface area is 165 Å². The van der Waals surface area contributed by atoms with E-state index in [1.165, 1.54) is 20.0 Å². The molecule has 0 saturated carbocycles. The van der Waals surface area contributed by atoms with Crippen molar-refractivity contribution in [2.75, 3.05) is 12.5 Å². The van der Waals surface area contributed by atoms with Gasteiger partial charge in [0, 0.05) is 20.0 Å². The maximum atomic E-state index is 12.1. The minimum absolute atomic E-state index is 0.0666. The van der Waals surface area contributed by atoms with Crippen LogP contribution in [0.2, 0.25) is 0 Å². The van der Waals surface area contributed by atoms with Crippen LogP contribution >= 0.6 is 39.1 Å². The van der Waals surface area contributed by atoms with Crippen LogP contribution in [0.4, 0.5) is 0 Å². The van der Waals surface area contributed by atoms with Gasteiger partial charge in [-0.15, -0.1) is 23.2 Å². The molecule has 1 fully saturated rings. The largest absolute Gasteiger partial charge is 0.463 e. The Hall–Kier alpha value is -1.36. The molecule has 1 aromatic heterocycles. The van der Waals surface area contributed by atoms with Crippen LogP contribution in [0.5, 0.6) is 0 Å². The van der Waals surface area contributed by atoms with Crippen molar-refractivity contribution in [2.45, 2.75) is 37.2 Å². The van der Waals surface area contributed by atoms with Gasteiger partial charge in [-0.1, -0.05) is 0 Å². The van der Waals surface area contributed by atoms with Crippen molar-refractivity contribution in [2.24, 2.45) is 0 Å². The molecule has 0 amide bonds. The fourth-order valence-corrected chi connectivity index (χ4v) is 3.58. The SMILES string of the molecule is CC(=O)OC[C@@]1(CCl)O[C@@H](n2cc(Br)c(=O)[nH]c2=O)[C@H](Cl)[C@@H]1OC(C)=O. The van der Waals surface area contributed by atoms with E-state index < -0.39 is 46.5 Å². The quantitative estimate of drug-likeness (QED) is 0.498. The topological polar surface area (TPSA) is 117 Å². The summed E-state index contributed by atoms with van der Waals surface area (Å²) < 4.78 is 17.2. The number of carbonyl (C=O) groups excluding carboxylic acids is 2. The molecule has 2 heterocycles. The van der Waals surface area contributed by atoms with Crippen molar-refractivity contribution in [3.8, 4) is 0 Å². The van der Waals surface area contributed by atoms with Crippen molar-refractivity contribution in [3.63, 3.8) is 0 Å². The molecule has 1 N–H and O–H groups in total. The monoisotopic (exact) mass is 472 g/mol. The lowest BCUT2D eigenvalue weighted by Gasteiger charge is -2.31. The standard InChI is InChI=1S/C14H15BrCl2N2O7/c1-6(20)24-5-14(4-16)10(25-7(2)21)9(17)12(26-14)19-3-8(15)11(22)18-13(19)23/h3,9-10,12H,4-5H2,1-2H3,(H,18,22,23)/t9-,10+,12-,14-/m1/s1. The molecule has 4 atom stereocenters. The molecule has 1 aliphatic rings. The molecule has 0 aliphatic carbocycles. The number of nitrogens with one attached hydrogen (secondary N) is 1. The number of halogens is 3. The summed E-state index contributed by atoms with van der Waals surface area (Å²) in [5.74, 6) is -1.49. The van der Waals surface area contributed by atoms with Gasteiger partial charge >= 0.3 is 17.6 Å². The van der Waals surface area contributed by atoms with Crippen LogP contribution in [-0.2, 0) is 23.8 Å². The first-order valence-electron chi connectivity index (χ1n) is 7.30. The van der Waals surface area contributed by atoms with Crippen LogP contribution in [0.25, 0.3) is 0 Å². The van der Waals surface area contributed by atoms with E-state index in [1.54, 1.807) is 0 Å². The van der Waals surface area contributed by atoms with E-state index in [9.17, 15) is 19.2 Å². The fourth-order valence-electron chi connectivity index (χ4n) is 2.51. The van der Waals surface area contributed by atoms with Gasteiger partial charge in [0.05, 0.1) is 10.4 Å². The van der Waals surface area contributed by atoms with E-state index in [4.69, 9.17) is 37.4 Å². The number of hydrogen-bond acceptors (Lipinski definition) is 7. The highest BCUT2D eigenvalue weighted by atomic mass is 79.9. The molecule has 0 unspecified atom stereocenters. The number of H-pyrrole nitrogens is 1. The number of carbonyl (C=O) groups is 2. The first-order valence-corrected chi connectivity index (χ1v) is 9.07. The molecule has 1 aromatic rings. The lowest BCUT2D eigenvalue weighted by molar-refractivity contribution is -0.171. The van der Waals surface area contributed by atoms with Gasteiger partial charge in [-0.05, 0) is 15.9 Å². The van der Waals surface area contributed by atoms with E-state index in [0.29, 0.717) is 0 Å². The molecule has 0 bridgehead atoms. The van der Waals surface area contributed by atoms with Crippen molar-refractivity contribution < 1.29 is 23.8 Å². The minimum atomic E-state index is -1.47. The zero-order valence-corrected chi connectivity index (χ0v) is 16.8. The predicted molar refractivity (Wildman–Crippen MR) is 94.4 cm³/mol. The molecule has 0 spiro atoms. The lowest BCUT2D eigenvalue weighted by Crippen LogP contribution is -2.50. The Morgan fingerprint density at radius 3 is 2.58 bits per heavy atom. The minimum Gasteiger partial charge on any atom is -0.463 e. The van der Waals surface area contributed by atoms with Crippen LogP contribution in [-0.4, -0.2) is 51.1 Å². The van der Waals surface area contributed by atoms with E-state index in [1.807, 2.05) is 0 Å². The first-order chi connectivity index (χ1) is 12.1. The Bertz CT molecular complexity index is 826. The fraction of sp³-hybridized carbons (Fsp3) is 0.571. The second kappa shape index (κ2) is 8.12. The Morgan fingerprint density at radius 2 is 2.04 bits per heavy atom. The number of esters is 2. The molecule has 12 heteroatoms. The van der Waals surface area contributed by atoms with Crippen molar-refractivity contribution in [1.82, 2.24) is 9.55 Å². The average Bonchev–Trinajstić information content (AvgIpc) is 2.82. The maximum Gasteiger partial charge on any atom is 0.330 e. The molecule has 2 rings (SSSR count). The Balaban J connectivity index is 2.49. The van der Waals surface area contributed by atoms with E-state index in [-0.39, 0.29) is 17.0 Å². The number of nitrogens with zero attached hydrogens (tertiary/aromatic N) is 1. The third-order valence-corrected chi connectivity index (χ3v) is 5.13. The number of hydrogen-bond donors (Lipinski definition) is 1. The van der Waals surface area contributed by atoms with E-state index >= 15 is 0 Å². The summed E-state index contributed by atoms with van der Waals surface area (Å²) in [5, 5.41) is -1.05. The smallest absolute Gasteiger partial charge is 0.330 e. The van der Waals surface area contributed by atoms with Crippen LogP contribution in [0.1, 0.15) is 20.1 Å². The summed E-state index contributed by atoms with van der Waals surface area (Å²) in [6, 6.07) is 0. The van der Waals surface area contributed by atoms with Gasteiger partial charge < -0.3 is 14.2 Å². The van der Waals surface area contributed by atoms with Gasteiger partial charge in [-0.2, -0.15) is 0 Å². The molecule has 0 radical (unpaired) electrons. The average molecular weight is 474 g/mol. The maximum absolute atomic E-state index is 12.1. The number of aromatic amines is 1. The highest BCUT2D eigenvalue weighted by molar-refractivity contribution is 9.10. The van der Waals surface area contributed by atoms with Crippen molar-refractivity contribution in [3.05, 3.63) is 31.5 Å². The van der Waals surface area contributed by atoms with Gasteiger partial charge in [0.25, 0.3) is 5.56 Å². The van der Waals surface area contributed by atoms with Crippen molar-refractivity contribution >= 4 is 51.1 Å². The Kier molecular flexibility index (Phi) is 6.54. The lowest BCUT2D eigenvalue weighted by atomic mass is 9.99. The highest BCUT2D eigenvalue weighted by Gasteiger charge is 2.58. The summed E-state index contributed by atoms with van der Waals surface area (Å²) in [6.07, 6.45) is -1.06. The molecule has 9 nitrogen and oxygen atoms in total. The van der Waals surface area contributed by atoms with E-state index in [0.717, 1.165) is 4.57 Å². The number of ether oxygens (including phenoxy) is 3. The number of rotatable bonds is 5. The van der Waals surface area contributed by atoms with Gasteiger partial charge in [-0.25, -0.2) is 4.79 Å². The van der Waals surface area contributed by atoms with Crippen LogP contribution in [0.3, 0.4) is 0 Å². The summed E-state index contributed by atoms with van der Waals surface area (Å²) in [6.45, 7) is 2.02. The van der Waals surface area contributed by atoms with Gasteiger partial charge in [0.2, 0.25) is 0 Å². The second-order valence-corrected chi connectivity index (χ2v) is 7.23. The van der Waals surface area contributed by atoms with Gasteiger partial charge in [0.15, 0.2) is 17.9 Å². The summed E-state index contributed by atoms with van der Waals surface area (Å²) in [4.78, 5) is 48.4. The Morgan fingerprint density at radius 1 is 1.38 bits per heavy atom. The molecule has 0 aromatic carbocycles. The van der Waals surface area contributed by atoms with Gasteiger partial charge in [-0.3, -0.25) is 23.9 Å². The summed E-state index contributed by atoms with van der Waals surface area (Å²) in [7, 11) is 0. The van der Waals surface area contributed by atoms with Crippen LogP contribution in [0.15, 0.2) is 20.3 Å². The highest BCUT2D eigenvalue weighted by Crippen LogP contribution is 2.42. The molecular weight excluding hydrogens is 459 g/mol. The normalized spacial score (nSPS) is 28.0. The first kappa shape index (κ1) is 20.9. The number of alkyl halides is 2. The summed E-state index contributed by atoms with van der Waals surface area (Å²) in [5.41, 5.74) is -2.89. The molecular formula is C14H15BrCl2N2O7. The number of aromatic nitrogens is 2.